The number of carbonyl (C=O) groups excluding carboxylic acids is 1. The molecule has 8 heteroatoms. The standard InChI is InChI=1S/C21H19N5OS2/c1-14-8-10-17(11-9-14)26-15(2)24-25-21(26)29-13-19(27)23-20-22-18(12-28-20)16-6-4-3-5-7-16/h3-12H,13H2,1-2H3,(H,22,23,27). The van der Waals surface area contributed by atoms with Crippen molar-refractivity contribution >= 4 is 34.1 Å². The summed E-state index contributed by atoms with van der Waals surface area (Å²) in [5.74, 6) is 0.883. The highest BCUT2D eigenvalue weighted by Gasteiger charge is 2.14. The van der Waals surface area contributed by atoms with Crippen LogP contribution in [0.15, 0.2) is 65.1 Å². The van der Waals surface area contributed by atoms with E-state index in [1.165, 1.54) is 28.7 Å². The van der Waals surface area contributed by atoms with Crippen LogP contribution >= 0.6 is 23.1 Å². The van der Waals surface area contributed by atoms with Crippen LogP contribution in [-0.4, -0.2) is 31.4 Å². The molecular formula is C21H19N5OS2. The van der Waals surface area contributed by atoms with Crippen LogP contribution in [0.2, 0.25) is 0 Å². The second kappa shape index (κ2) is 8.59. The summed E-state index contributed by atoms with van der Waals surface area (Å²) >= 11 is 2.77. The van der Waals surface area contributed by atoms with E-state index in [9.17, 15) is 4.79 Å². The van der Waals surface area contributed by atoms with Crippen LogP contribution in [0.4, 0.5) is 5.13 Å². The highest BCUT2D eigenvalue weighted by molar-refractivity contribution is 7.99. The van der Waals surface area contributed by atoms with Gasteiger partial charge in [0.1, 0.15) is 5.82 Å². The Kier molecular flexibility index (Phi) is 5.73. The number of nitrogens with zero attached hydrogens (tertiary/aromatic N) is 4. The summed E-state index contributed by atoms with van der Waals surface area (Å²) < 4.78 is 1.95. The third kappa shape index (κ3) is 4.55. The number of hydrogen-bond acceptors (Lipinski definition) is 6. The average molecular weight is 422 g/mol. The average Bonchev–Trinajstić information content (AvgIpc) is 3.34. The highest BCUT2D eigenvalue weighted by atomic mass is 32.2. The first-order valence-corrected chi connectivity index (χ1v) is 10.9. The van der Waals surface area contributed by atoms with Gasteiger partial charge in [0, 0.05) is 16.6 Å². The van der Waals surface area contributed by atoms with Crippen molar-refractivity contribution in [3.8, 4) is 16.9 Å². The number of rotatable bonds is 6. The van der Waals surface area contributed by atoms with E-state index in [0.717, 1.165) is 22.8 Å². The number of thiazole rings is 1. The van der Waals surface area contributed by atoms with Crippen molar-refractivity contribution in [1.82, 2.24) is 19.7 Å². The fourth-order valence-corrected chi connectivity index (χ4v) is 4.32. The summed E-state index contributed by atoms with van der Waals surface area (Å²) in [5.41, 5.74) is 4.05. The van der Waals surface area contributed by atoms with Crippen molar-refractivity contribution < 1.29 is 4.79 Å². The van der Waals surface area contributed by atoms with Crippen LogP contribution in [0.3, 0.4) is 0 Å². The van der Waals surface area contributed by atoms with Gasteiger partial charge in [-0.2, -0.15) is 0 Å². The number of thioether (sulfide) groups is 1. The third-order valence-electron chi connectivity index (χ3n) is 4.24. The molecular weight excluding hydrogens is 402 g/mol. The van der Waals surface area contributed by atoms with Crippen molar-refractivity contribution in [3.63, 3.8) is 0 Å². The van der Waals surface area contributed by atoms with Gasteiger partial charge in [-0.25, -0.2) is 4.98 Å². The van der Waals surface area contributed by atoms with E-state index in [0.29, 0.717) is 10.3 Å². The lowest BCUT2D eigenvalue weighted by molar-refractivity contribution is -0.113. The van der Waals surface area contributed by atoms with E-state index < -0.39 is 0 Å². The minimum Gasteiger partial charge on any atom is -0.301 e. The van der Waals surface area contributed by atoms with Crippen LogP contribution in [0, 0.1) is 13.8 Å². The Balaban J connectivity index is 1.41. The number of aryl methyl sites for hydroxylation is 2. The number of aromatic nitrogens is 4. The molecule has 0 atom stereocenters. The largest absolute Gasteiger partial charge is 0.301 e. The van der Waals surface area contributed by atoms with Crippen LogP contribution in [0.1, 0.15) is 11.4 Å². The Morgan fingerprint density at radius 3 is 2.59 bits per heavy atom. The van der Waals surface area contributed by atoms with E-state index in [1.54, 1.807) is 0 Å². The molecule has 0 aliphatic rings. The first kappa shape index (κ1) is 19.4. The lowest BCUT2D eigenvalue weighted by atomic mass is 10.2. The topological polar surface area (TPSA) is 72.7 Å². The molecule has 1 N–H and O–H groups in total. The molecule has 0 saturated carbocycles. The predicted octanol–water partition coefficient (Wildman–Crippen LogP) is 4.74. The molecule has 2 aromatic carbocycles. The quantitative estimate of drug-likeness (QED) is 0.455. The van der Waals surface area contributed by atoms with Gasteiger partial charge in [0.05, 0.1) is 11.4 Å². The number of anilines is 1. The molecule has 146 valence electrons. The van der Waals surface area contributed by atoms with E-state index >= 15 is 0 Å². The molecule has 4 aromatic rings. The number of amides is 1. The fourth-order valence-electron chi connectivity index (χ4n) is 2.79. The van der Waals surface area contributed by atoms with Crippen LogP contribution < -0.4 is 5.32 Å². The molecule has 2 aromatic heterocycles. The number of carbonyl (C=O) groups is 1. The molecule has 1 amide bonds. The summed E-state index contributed by atoms with van der Waals surface area (Å²) in [4.78, 5) is 16.9. The second-order valence-electron chi connectivity index (χ2n) is 6.44. The molecule has 0 fully saturated rings. The van der Waals surface area contributed by atoms with Gasteiger partial charge in [0.2, 0.25) is 5.91 Å². The van der Waals surface area contributed by atoms with Crippen molar-refractivity contribution in [1.29, 1.82) is 0 Å². The Morgan fingerprint density at radius 1 is 1.07 bits per heavy atom. The molecule has 4 rings (SSSR count). The van der Waals surface area contributed by atoms with Gasteiger partial charge >= 0.3 is 0 Å². The smallest absolute Gasteiger partial charge is 0.236 e. The van der Waals surface area contributed by atoms with Gasteiger partial charge < -0.3 is 5.32 Å². The summed E-state index contributed by atoms with van der Waals surface area (Å²) in [7, 11) is 0. The maximum absolute atomic E-state index is 12.4. The van der Waals surface area contributed by atoms with Gasteiger partial charge in [0.25, 0.3) is 0 Å². The molecule has 2 heterocycles. The normalized spacial score (nSPS) is 10.8. The van der Waals surface area contributed by atoms with Gasteiger partial charge in [-0.3, -0.25) is 9.36 Å². The zero-order chi connectivity index (χ0) is 20.2. The molecule has 0 unspecified atom stereocenters. The molecule has 0 saturated heterocycles. The van der Waals surface area contributed by atoms with Crippen LogP contribution in [0.25, 0.3) is 16.9 Å². The van der Waals surface area contributed by atoms with E-state index in [2.05, 4.69) is 20.5 Å². The van der Waals surface area contributed by atoms with Gasteiger partial charge in [0.15, 0.2) is 10.3 Å². The lowest BCUT2D eigenvalue weighted by Gasteiger charge is -2.08. The lowest BCUT2D eigenvalue weighted by Crippen LogP contribution is -2.14. The molecule has 0 spiro atoms. The van der Waals surface area contributed by atoms with Crippen molar-refractivity contribution in [3.05, 3.63) is 71.4 Å². The summed E-state index contributed by atoms with van der Waals surface area (Å²) in [6.45, 7) is 3.95. The summed E-state index contributed by atoms with van der Waals surface area (Å²) in [6, 6.07) is 18.0. The van der Waals surface area contributed by atoms with E-state index in [-0.39, 0.29) is 11.7 Å². The molecule has 29 heavy (non-hydrogen) atoms. The Morgan fingerprint density at radius 2 is 1.83 bits per heavy atom. The summed E-state index contributed by atoms with van der Waals surface area (Å²) in [5, 5.41) is 14.5. The van der Waals surface area contributed by atoms with Gasteiger partial charge in [-0.05, 0) is 26.0 Å². The number of nitrogens with one attached hydrogen (secondary N) is 1. The van der Waals surface area contributed by atoms with Crippen molar-refractivity contribution in [2.75, 3.05) is 11.1 Å². The predicted molar refractivity (Wildman–Crippen MR) is 118 cm³/mol. The van der Waals surface area contributed by atoms with Crippen molar-refractivity contribution in [2.24, 2.45) is 0 Å². The SMILES string of the molecule is Cc1ccc(-n2c(C)nnc2SCC(=O)Nc2nc(-c3ccccc3)cs2)cc1. The van der Waals surface area contributed by atoms with E-state index in [4.69, 9.17) is 0 Å². The zero-order valence-electron chi connectivity index (χ0n) is 16.0. The van der Waals surface area contributed by atoms with Gasteiger partial charge in [-0.15, -0.1) is 21.5 Å². The first-order chi connectivity index (χ1) is 14.1. The first-order valence-electron chi connectivity index (χ1n) is 9.03. The van der Waals surface area contributed by atoms with Crippen LogP contribution in [-0.2, 0) is 4.79 Å². The number of benzene rings is 2. The van der Waals surface area contributed by atoms with Crippen molar-refractivity contribution in [2.45, 2.75) is 19.0 Å². The third-order valence-corrected chi connectivity index (χ3v) is 5.93. The minimum absolute atomic E-state index is 0.125. The maximum atomic E-state index is 12.4. The van der Waals surface area contributed by atoms with Crippen LogP contribution in [0.5, 0.6) is 0 Å². The molecule has 0 aliphatic carbocycles. The Labute approximate surface area is 177 Å². The molecule has 0 radical (unpaired) electrons. The van der Waals surface area contributed by atoms with Gasteiger partial charge in [-0.1, -0.05) is 59.8 Å². The highest BCUT2D eigenvalue weighted by Crippen LogP contribution is 2.26. The summed E-state index contributed by atoms with van der Waals surface area (Å²) in [6.07, 6.45) is 0. The zero-order valence-corrected chi connectivity index (χ0v) is 17.6. The Bertz CT molecular complexity index is 1120. The fraction of sp³-hybridized carbons (Fsp3) is 0.143. The maximum Gasteiger partial charge on any atom is 0.236 e. The van der Waals surface area contributed by atoms with E-state index in [1.807, 2.05) is 78.4 Å². The monoisotopic (exact) mass is 421 g/mol. The molecule has 0 bridgehead atoms. The Hall–Kier alpha value is -2.97. The molecule has 6 nitrogen and oxygen atoms in total. The minimum atomic E-state index is -0.125. The second-order valence-corrected chi connectivity index (χ2v) is 8.24. The molecule has 0 aliphatic heterocycles. The number of hydrogen-bond donors (Lipinski definition) is 1.